The largest absolute Gasteiger partial charge is 0.409 e. The second kappa shape index (κ2) is 6.18. The van der Waals surface area contributed by atoms with Gasteiger partial charge in [-0.25, -0.2) is 0 Å². The predicted octanol–water partition coefficient (Wildman–Crippen LogP) is 0.295. The Morgan fingerprint density at radius 3 is 3.00 bits per heavy atom. The SMILES string of the molecule is CC(OCCNC1(C)CCOC1C)C(N)=NO. The van der Waals surface area contributed by atoms with E-state index in [-0.39, 0.29) is 23.6 Å². The number of hydrogen-bond donors (Lipinski definition) is 3. The van der Waals surface area contributed by atoms with Crippen molar-refractivity contribution in [1.82, 2.24) is 5.32 Å². The molecule has 6 heteroatoms. The fourth-order valence-corrected chi connectivity index (χ4v) is 1.81. The molecule has 17 heavy (non-hydrogen) atoms. The first-order valence-corrected chi connectivity index (χ1v) is 5.95. The summed E-state index contributed by atoms with van der Waals surface area (Å²) in [7, 11) is 0. The van der Waals surface area contributed by atoms with Crippen molar-refractivity contribution in [3.8, 4) is 0 Å². The minimum absolute atomic E-state index is 0.0171. The Bertz CT molecular complexity index is 273. The molecule has 0 radical (unpaired) electrons. The van der Waals surface area contributed by atoms with Gasteiger partial charge in [-0.15, -0.1) is 0 Å². The molecule has 4 N–H and O–H groups in total. The summed E-state index contributed by atoms with van der Waals surface area (Å²) in [6, 6.07) is 0. The van der Waals surface area contributed by atoms with Crippen LogP contribution in [0.1, 0.15) is 27.2 Å². The molecule has 0 aromatic heterocycles. The molecule has 0 amide bonds. The van der Waals surface area contributed by atoms with Crippen LogP contribution in [0.4, 0.5) is 0 Å². The summed E-state index contributed by atoms with van der Waals surface area (Å²) < 4.78 is 10.9. The average molecular weight is 245 g/mol. The monoisotopic (exact) mass is 245 g/mol. The number of nitrogens with two attached hydrogens (primary N) is 1. The maximum Gasteiger partial charge on any atom is 0.168 e. The zero-order valence-corrected chi connectivity index (χ0v) is 10.8. The smallest absolute Gasteiger partial charge is 0.168 e. The van der Waals surface area contributed by atoms with E-state index < -0.39 is 0 Å². The van der Waals surface area contributed by atoms with Gasteiger partial charge in [0.05, 0.1) is 12.7 Å². The minimum atomic E-state index is -0.369. The van der Waals surface area contributed by atoms with Gasteiger partial charge in [0.15, 0.2) is 5.84 Å². The van der Waals surface area contributed by atoms with Gasteiger partial charge in [-0.2, -0.15) is 0 Å². The molecular formula is C11H23N3O3. The highest BCUT2D eigenvalue weighted by Gasteiger charge is 2.36. The summed E-state index contributed by atoms with van der Waals surface area (Å²) in [6.07, 6.45) is 0.847. The van der Waals surface area contributed by atoms with E-state index in [0.29, 0.717) is 13.2 Å². The first kappa shape index (κ1) is 14.2. The van der Waals surface area contributed by atoms with E-state index in [9.17, 15) is 0 Å². The quantitative estimate of drug-likeness (QED) is 0.206. The lowest BCUT2D eigenvalue weighted by Gasteiger charge is -2.29. The topological polar surface area (TPSA) is 89.1 Å². The van der Waals surface area contributed by atoms with Gasteiger partial charge in [-0.3, -0.25) is 0 Å². The molecule has 0 aromatic carbocycles. The number of ether oxygens (including phenoxy) is 2. The van der Waals surface area contributed by atoms with Crippen LogP contribution in [-0.4, -0.2) is 48.5 Å². The van der Waals surface area contributed by atoms with Gasteiger partial charge < -0.3 is 25.7 Å². The molecule has 1 heterocycles. The molecule has 6 nitrogen and oxygen atoms in total. The molecule has 3 atom stereocenters. The first-order valence-electron chi connectivity index (χ1n) is 5.95. The lowest BCUT2D eigenvalue weighted by molar-refractivity contribution is 0.0747. The van der Waals surface area contributed by atoms with Crippen molar-refractivity contribution in [1.29, 1.82) is 0 Å². The van der Waals surface area contributed by atoms with Crippen LogP contribution in [0.3, 0.4) is 0 Å². The zero-order valence-electron chi connectivity index (χ0n) is 10.8. The van der Waals surface area contributed by atoms with Crippen LogP contribution in [0, 0.1) is 0 Å². The Balaban J connectivity index is 2.20. The summed E-state index contributed by atoms with van der Waals surface area (Å²) in [5.74, 6) is 0.0915. The molecule has 1 saturated heterocycles. The molecule has 1 aliphatic rings. The Kier molecular flexibility index (Phi) is 5.17. The third kappa shape index (κ3) is 3.83. The summed E-state index contributed by atoms with van der Waals surface area (Å²) in [5, 5.41) is 14.8. The van der Waals surface area contributed by atoms with E-state index >= 15 is 0 Å². The summed E-state index contributed by atoms with van der Waals surface area (Å²) in [6.45, 7) is 7.99. The van der Waals surface area contributed by atoms with Crippen molar-refractivity contribution >= 4 is 5.84 Å². The van der Waals surface area contributed by atoms with Crippen LogP contribution in [0.5, 0.6) is 0 Å². The molecule has 100 valence electrons. The van der Waals surface area contributed by atoms with Gasteiger partial charge in [0, 0.05) is 18.7 Å². The maximum absolute atomic E-state index is 8.46. The maximum atomic E-state index is 8.46. The number of rotatable bonds is 6. The van der Waals surface area contributed by atoms with Crippen molar-refractivity contribution in [3.05, 3.63) is 0 Å². The highest BCUT2D eigenvalue weighted by molar-refractivity contribution is 5.83. The Hall–Kier alpha value is -0.850. The highest BCUT2D eigenvalue weighted by atomic mass is 16.5. The average Bonchev–Trinajstić information content (AvgIpc) is 2.64. The fraction of sp³-hybridized carbons (Fsp3) is 0.909. The molecule has 1 rings (SSSR count). The van der Waals surface area contributed by atoms with Crippen LogP contribution in [-0.2, 0) is 9.47 Å². The van der Waals surface area contributed by atoms with E-state index in [1.54, 1.807) is 6.92 Å². The molecular weight excluding hydrogens is 222 g/mol. The van der Waals surface area contributed by atoms with E-state index in [4.69, 9.17) is 20.4 Å². The van der Waals surface area contributed by atoms with Crippen molar-refractivity contribution in [2.75, 3.05) is 19.8 Å². The number of nitrogens with zero attached hydrogens (tertiary/aromatic N) is 1. The first-order chi connectivity index (χ1) is 7.99. The predicted molar refractivity (Wildman–Crippen MR) is 65.3 cm³/mol. The van der Waals surface area contributed by atoms with Gasteiger partial charge in [0.25, 0.3) is 0 Å². The fourth-order valence-electron chi connectivity index (χ4n) is 1.81. The Morgan fingerprint density at radius 2 is 2.47 bits per heavy atom. The van der Waals surface area contributed by atoms with Crippen molar-refractivity contribution in [3.63, 3.8) is 0 Å². The van der Waals surface area contributed by atoms with E-state index in [1.165, 1.54) is 0 Å². The highest BCUT2D eigenvalue weighted by Crippen LogP contribution is 2.24. The standard InChI is InChI=1S/C11H23N3O3/c1-8(10(12)14-15)16-7-5-13-11(3)4-6-17-9(11)2/h8-9,13,15H,4-7H2,1-3H3,(H2,12,14). The molecule has 1 fully saturated rings. The van der Waals surface area contributed by atoms with Crippen molar-refractivity contribution in [2.45, 2.75) is 44.9 Å². The number of oxime groups is 1. The molecule has 1 aliphatic heterocycles. The van der Waals surface area contributed by atoms with E-state index in [0.717, 1.165) is 13.0 Å². The van der Waals surface area contributed by atoms with Crippen molar-refractivity contribution in [2.24, 2.45) is 10.9 Å². The van der Waals surface area contributed by atoms with Crippen molar-refractivity contribution < 1.29 is 14.7 Å². The van der Waals surface area contributed by atoms with Gasteiger partial charge in [-0.1, -0.05) is 5.16 Å². The Morgan fingerprint density at radius 1 is 1.76 bits per heavy atom. The summed E-state index contributed by atoms with van der Waals surface area (Å²) >= 11 is 0. The molecule has 0 aliphatic carbocycles. The van der Waals surface area contributed by atoms with Crippen LogP contribution in [0.25, 0.3) is 0 Å². The second-order valence-electron chi connectivity index (χ2n) is 4.65. The summed E-state index contributed by atoms with van der Waals surface area (Å²) in [5.41, 5.74) is 5.42. The molecule has 0 saturated carbocycles. The lowest BCUT2D eigenvalue weighted by atomic mass is 9.95. The molecule has 0 bridgehead atoms. The van der Waals surface area contributed by atoms with Gasteiger partial charge in [0.1, 0.15) is 6.10 Å². The summed E-state index contributed by atoms with van der Waals surface area (Å²) in [4.78, 5) is 0. The lowest BCUT2D eigenvalue weighted by Crippen LogP contribution is -2.49. The van der Waals surface area contributed by atoms with Crippen LogP contribution in [0.15, 0.2) is 5.16 Å². The third-order valence-electron chi connectivity index (χ3n) is 3.42. The third-order valence-corrected chi connectivity index (χ3v) is 3.42. The second-order valence-corrected chi connectivity index (χ2v) is 4.65. The molecule has 0 spiro atoms. The van der Waals surface area contributed by atoms with Gasteiger partial charge in [0.2, 0.25) is 0 Å². The minimum Gasteiger partial charge on any atom is -0.409 e. The van der Waals surface area contributed by atoms with Gasteiger partial charge >= 0.3 is 0 Å². The molecule has 0 aromatic rings. The Labute approximate surface area is 102 Å². The normalized spacial score (nSPS) is 31.7. The molecule has 3 unspecified atom stereocenters. The van der Waals surface area contributed by atoms with Crippen LogP contribution in [0.2, 0.25) is 0 Å². The van der Waals surface area contributed by atoms with Crippen LogP contribution < -0.4 is 11.1 Å². The van der Waals surface area contributed by atoms with E-state index in [2.05, 4.69) is 24.3 Å². The van der Waals surface area contributed by atoms with E-state index in [1.807, 2.05) is 0 Å². The van der Waals surface area contributed by atoms with Gasteiger partial charge in [-0.05, 0) is 27.2 Å². The van der Waals surface area contributed by atoms with Crippen LogP contribution >= 0.6 is 0 Å². The number of hydrogen-bond acceptors (Lipinski definition) is 5. The number of nitrogens with one attached hydrogen (secondary N) is 1. The number of amidine groups is 1. The zero-order chi connectivity index (χ0) is 12.9.